The fourth-order valence-corrected chi connectivity index (χ4v) is 1.58. The monoisotopic (exact) mass is 212 g/mol. The van der Waals surface area contributed by atoms with E-state index >= 15 is 0 Å². The Bertz CT molecular complexity index is 402. The minimum Gasteiger partial charge on any atom is -0.366 e. The van der Waals surface area contributed by atoms with Crippen molar-refractivity contribution in [3.63, 3.8) is 0 Å². The van der Waals surface area contributed by atoms with Crippen LogP contribution in [-0.2, 0) is 5.41 Å². The number of alkyl halides is 2. The third-order valence-corrected chi connectivity index (χ3v) is 2.76. The van der Waals surface area contributed by atoms with E-state index in [4.69, 9.17) is 5.73 Å². The van der Waals surface area contributed by atoms with Crippen LogP contribution in [-0.4, -0.2) is 17.3 Å². The zero-order valence-corrected chi connectivity index (χ0v) is 7.91. The summed E-state index contributed by atoms with van der Waals surface area (Å²) in [6.07, 6.45) is -0.259. The topological polar surface area (TPSA) is 56.0 Å². The van der Waals surface area contributed by atoms with Crippen molar-refractivity contribution >= 4 is 5.91 Å². The van der Waals surface area contributed by atoms with Crippen LogP contribution in [0.5, 0.6) is 0 Å². The molecule has 0 unspecified atom stereocenters. The van der Waals surface area contributed by atoms with Gasteiger partial charge in [0.25, 0.3) is 0 Å². The zero-order valence-electron chi connectivity index (χ0n) is 7.91. The molecule has 0 saturated heterocycles. The SMILES string of the molecule is NC(=O)c1ccnc(C2(C(F)F)CC2)c1. The van der Waals surface area contributed by atoms with Crippen molar-refractivity contribution < 1.29 is 13.6 Å². The maximum Gasteiger partial charge on any atom is 0.249 e. The highest BCUT2D eigenvalue weighted by Crippen LogP contribution is 2.51. The Hall–Kier alpha value is -1.52. The quantitative estimate of drug-likeness (QED) is 0.824. The molecule has 1 aromatic heterocycles. The fraction of sp³-hybridized carbons (Fsp3) is 0.400. The van der Waals surface area contributed by atoms with Crippen LogP contribution >= 0.6 is 0 Å². The second kappa shape index (κ2) is 3.25. The summed E-state index contributed by atoms with van der Waals surface area (Å²) >= 11 is 0. The highest BCUT2D eigenvalue weighted by Gasteiger charge is 2.53. The molecule has 0 aromatic carbocycles. The van der Waals surface area contributed by atoms with Gasteiger partial charge >= 0.3 is 0 Å². The van der Waals surface area contributed by atoms with E-state index in [0.29, 0.717) is 12.8 Å². The number of nitrogens with zero attached hydrogens (tertiary/aromatic N) is 1. The molecular formula is C10H10F2N2O. The first-order valence-corrected chi connectivity index (χ1v) is 4.61. The standard InChI is InChI=1S/C10H10F2N2O/c11-9(12)10(2-3-10)7-5-6(8(13)15)1-4-14-7/h1,4-5,9H,2-3H2,(H2,13,15). The molecule has 1 fully saturated rings. The average Bonchev–Trinajstić information content (AvgIpc) is 2.98. The van der Waals surface area contributed by atoms with Gasteiger partial charge in [0.05, 0.1) is 11.1 Å². The van der Waals surface area contributed by atoms with E-state index in [1.807, 2.05) is 0 Å². The third kappa shape index (κ3) is 1.58. The van der Waals surface area contributed by atoms with Crippen molar-refractivity contribution in [2.75, 3.05) is 0 Å². The van der Waals surface area contributed by atoms with Crippen molar-refractivity contribution in [2.45, 2.75) is 24.7 Å². The molecule has 1 aliphatic carbocycles. The molecule has 2 rings (SSSR count). The molecule has 0 radical (unpaired) electrons. The number of aromatic nitrogens is 1. The molecule has 80 valence electrons. The summed E-state index contributed by atoms with van der Waals surface area (Å²) in [6, 6.07) is 2.79. The molecule has 1 aromatic rings. The number of primary amides is 1. The van der Waals surface area contributed by atoms with Gasteiger partial charge in [-0.2, -0.15) is 0 Å². The van der Waals surface area contributed by atoms with Gasteiger partial charge in [-0.3, -0.25) is 9.78 Å². The summed E-state index contributed by atoms with van der Waals surface area (Å²) in [6.45, 7) is 0. The molecule has 5 heteroatoms. The molecule has 0 atom stereocenters. The predicted octanol–water partition coefficient (Wildman–Crippen LogP) is 1.48. The van der Waals surface area contributed by atoms with Gasteiger partial charge in [-0.15, -0.1) is 0 Å². The average molecular weight is 212 g/mol. The van der Waals surface area contributed by atoms with Crippen LogP contribution < -0.4 is 5.73 Å². The first kappa shape index (κ1) is 10.0. The van der Waals surface area contributed by atoms with Crippen LogP contribution in [0.15, 0.2) is 18.3 Å². The maximum atomic E-state index is 12.7. The van der Waals surface area contributed by atoms with E-state index < -0.39 is 17.7 Å². The summed E-state index contributed by atoms with van der Waals surface area (Å²) in [5.41, 5.74) is 4.44. The van der Waals surface area contributed by atoms with Crippen LogP contribution in [0, 0.1) is 0 Å². The second-order valence-electron chi connectivity index (χ2n) is 3.75. The number of hydrogen-bond donors (Lipinski definition) is 1. The van der Waals surface area contributed by atoms with Crippen LogP contribution in [0.2, 0.25) is 0 Å². The third-order valence-electron chi connectivity index (χ3n) is 2.76. The molecule has 1 aliphatic rings. The fourth-order valence-electron chi connectivity index (χ4n) is 1.58. The Balaban J connectivity index is 2.37. The molecule has 15 heavy (non-hydrogen) atoms. The lowest BCUT2D eigenvalue weighted by atomic mass is 10.0. The lowest BCUT2D eigenvalue weighted by Gasteiger charge is -2.13. The molecule has 0 bridgehead atoms. The Morgan fingerprint density at radius 1 is 1.53 bits per heavy atom. The van der Waals surface area contributed by atoms with Crippen LogP contribution in [0.3, 0.4) is 0 Å². The van der Waals surface area contributed by atoms with E-state index in [9.17, 15) is 13.6 Å². The first-order chi connectivity index (χ1) is 7.06. The van der Waals surface area contributed by atoms with Crippen molar-refractivity contribution in [1.29, 1.82) is 0 Å². The van der Waals surface area contributed by atoms with Crippen LogP contribution in [0.4, 0.5) is 8.78 Å². The maximum absolute atomic E-state index is 12.7. The van der Waals surface area contributed by atoms with E-state index in [0.717, 1.165) is 0 Å². The number of pyridine rings is 1. The summed E-state index contributed by atoms with van der Waals surface area (Å²) in [5, 5.41) is 0. The smallest absolute Gasteiger partial charge is 0.249 e. The lowest BCUT2D eigenvalue weighted by molar-refractivity contribution is 0.0978. The number of halogens is 2. The molecular weight excluding hydrogens is 202 g/mol. The normalized spacial score (nSPS) is 17.8. The van der Waals surface area contributed by atoms with Gasteiger partial charge in [-0.05, 0) is 25.0 Å². The molecule has 1 saturated carbocycles. The minimum atomic E-state index is -2.44. The lowest BCUT2D eigenvalue weighted by Crippen LogP contribution is -2.20. The Morgan fingerprint density at radius 3 is 2.67 bits per heavy atom. The molecule has 0 spiro atoms. The van der Waals surface area contributed by atoms with Gasteiger partial charge in [0.2, 0.25) is 12.3 Å². The highest BCUT2D eigenvalue weighted by atomic mass is 19.3. The van der Waals surface area contributed by atoms with E-state index in [-0.39, 0.29) is 11.3 Å². The molecule has 0 aliphatic heterocycles. The Labute approximate surface area is 85.3 Å². The van der Waals surface area contributed by atoms with Gasteiger partial charge in [0.1, 0.15) is 0 Å². The summed E-state index contributed by atoms with van der Waals surface area (Å²) in [5.74, 6) is -0.622. The molecule has 3 nitrogen and oxygen atoms in total. The number of hydrogen-bond acceptors (Lipinski definition) is 2. The summed E-state index contributed by atoms with van der Waals surface area (Å²) in [4.78, 5) is 14.8. The molecule has 1 amide bonds. The zero-order chi connectivity index (χ0) is 11.1. The van der Waals surface area contributed by atoms with Gasteiger partial charge in [-0.1, -0.05) is 0 Å². The summed E-state index contributed by atoms with van der Waals surface area (Å²) in [7, 11) is 0. The van der Waals surface area contributed by atoms with Crippen LogP contribution in [0.1, 0.15) is 28.9 Å². The number of rotatable bonds is 3. The first-order valence-electron chi connectivity index (χ1n) is 4.61. The van der Waals surface area contributed by atoms with Crippen molar-refractivity contribution in [2.24, 2.45) is 5.73 Å². The largest absolute Gasteiger partial charge is 0.366 e. The van der Waals surface area contributed by atoms with E-state index in [1.54, 1.807) is 0 Å². The highest BCUT2D eigenvalue weighted by molar-refractivity contribution is 5.92. The van der Waals surface area contributed by atoms with E-state index in [1.165, 1.54) is 18.3 Å². The second-order valence-corrected chi connectivity index (χ2v) is 3.75. The van der Waals surface area contributed by atoms with Crippen molar-refractivity contribution in [3.8, 4) is 0 Å². The molecule has 2 N–H and O–H groups in total. The number of carbonyl (C=O) groups is 1. The number of nitrogens with two attached hydrogens (primary N) is 1. The van der Waals surface area contributed by atoms with E-state index in [2.05, 4.69) is 4.98 Å². The van der Waals surface area contributed by atoms with Crippen molar-refractivity contribution in [1.82, 2.24) is 4.98 Å². The number of carbonyl (C=O) groups excluding carboxylic acids is 1. The van der Waals surface area contributed by atoms with Gasteiger partial charge in [0.15, 0.2) is 0 Å². The molecule has 1 heterocycles. The van der Waals surface area contributed by atoms with Gasteiger partial charge in [-0.25, -0.2) is 8.78 Å². The Kier molecular flexibility index (Phi) is 2.17. The van der Waals surface area contributed by atoms with Crippen molar-refractivity contribution in [3.05, 3.63) is 29.6 Å². The van der Waals surface area contributed by atoms with Gasteiger partial charge in [0, 0.05) is 11.8 Å². The van der Waals surface area contributed by atoms with Crippen LogP contribution in [0.25, 0.3) is 0 Å². The minimum absolute atomic E-state index is 0.229. The Morgan fingerprint density at radius 2 is 2.20 bits per heavy atom. The number of amides is 1. The van der Waals surface area contributed by atoms with Gasteiger partial charge < -0.3 is 5.73 Å². The predicted molar refractivity (Wildman–Crippen MR) is 49.7 cm³/mol. The summed E-state index contributed by atoms with van der Waals surface area (Å²) < 4.78 is 25.5.